The van der Waals surface area contributed by atoms with E-state index < -0.39 is 10.0 Å². The van der Waals surface area contributed by atoms with E-state index in [-0.39, 0.29) is 25.7 Å². The van der Waals surface area contributed by atoms with Gasteiger partial charge in [-0.15, -0.1) is 0 Å². The van der Waals surface area contributed by atoms with Crippen molar-refractivity contribution in [1.82, 2.24) is 4.72 Å². The fraction of sp³-hybridized carbons (Fsp3) is 0.364. The summed E-state index contributed by atoms with van der Waals surface area (Å²) in [5.41, 5.74) is 4.96. The summed E-state index contributed by atoms with van der Waals surface area (Å²) < 4.78 is 37.4. The van der Waals surface area contributed by atoms with Gasteiger partial charge in [-0.3, -0.25) is 0 Å². The third-order valence-electron chi connectivity index (χ3n) is 7.58. The Morgan fingerprint density at radius 3 is 2.74 bits per heavy atom. The van der Waals surface area contributed by atoms with Crippen molar-refractivity contribution < 1.29 is 17.7 Å². The maximum absolute atomic E-state index is 12.1. The van der Waals surface area contributed by atoms with E-state index in [0.29, 0.717) is 18.1 Å². The van der Waals surface area contributed by atoms with Crippen LogP contribution >= 0.6 is 23.4 Å². The van der Waals surface area contributed by atoms with Gasteiger partial charge < -0.3 is 0 Å². The molecular formula is C33H39ClN3O3S2Se+. The molecule has 228 valence electrons. The number of benzene rings is 2. The van der Waals surface area contributed by atoms with Crippen molar-refractivity contribution >= 4 is 69.4 Å². The van der Waals surface area contributed by atoms with Gasteiger partial charge in [-0.25, -0.2) is 13.1 Å². The van der Waals surface area contributed by atoms with Crippen molar-refractivity contribution in [3.8, 4) is 5.75 Å². The first-order valence-corrected chi connectivity index (χ1v) is 19.1. The van der Waals surface area contributed by atoms with Crippen LogP contribution in [-0.2, 0) is 16.6 Å². The number of allylic oxidation sites excluding steroid dienone is 6. The number of aryl methyl sites for hydroxylation is 1. The van der Waals surface area contributed by atoms with E-state index in [1.54, 1.807) is 25.8 Å². The van der Waals surface area contributed by atoms with Crippen molar-refractivity contribution in [2.45, 2.75) is 52.0 Å². The molecule has 2 aliphatic rings. The van der Waals surface area contributed by atoms with Gasteiger partial charge in [0.2, 0.25) is 10.0 Å². The predicted octanol–water partition coefficient (Wildman–Crippen LogP) is 6.95. The molecule has 0 unspecified atom stereocenters. The average molecular weight is 704 g/mol. The Labute approximate surface area is 270 Å². The quantitative estimate of drug-likeness (QED) is 0.183. The Morgan fingerprint density at radius 2 is 2.00 bits per heavy atom. The first-order chi connectivity index (χ1) is 20.5. The van der Waals surface area contributed by atoms with Gasteiger partial charge in [-0.2, -0.15) is 0 Å². The molecule has 0 spiro atoms. The van der Waals surface area contributed by atoms with E-state index in [1.807, 2.05) is 18.2 Å². The number of sulfonamides is 1. The molecule has 0 atom stereocenters. The Bertz CT molecular complexity index is 1760. The Hall–Kier alpha value is -2.26. The first kappa shape index (κ1) is 32.1. The van der Waals surface area contributed by atoms with Crippen LogP contribution in [-0.4, -0.2) is 48.9 Å². The fourth-order valence-corrected chi connectivity index (χ4v) is 9.87. The van der Waals surface area contributed by atoms with Gasteiger partial charge in [-0.05, 0) is 13.0 Å². The zero-order valence-electron chi connectivity index (χ0n) is 25.3. The molecule has 2 heterocycles. The van der Waals surface area contributed by atoms with Gasteiger partial charge >= 0.3 is 214 Å². The van der Waals surface area contributed by atoms with Gasteiger partial charge in [-0.1, -0.05) is 11.6 Å². The number of aromatic nitrogens is 1. The second-order valence-electron chi connectivity index (χ2n) is 11.5. The number of nitrogens with zero attached hydrogens (tertiary/aromatic N) is 2. The number of fused-ring (bicyclic) bond motifs is 2. The van der Waals surface area contributed by atoms with E-state index in [2.05, 4.69) is 83.5 Å². The van der Waals surface area contributed by atoms with Crippen LogP contribution in [0.5, 0.6) is 5.75 Å². The molecule has 0 fully saturated rings. The van der Waals surface area contributed by atoms with Crippen LogP contribution in [0.3, 0.4) is 0 Å². The standard InChI is InChI=1S/C33H39ClN3O3S2Se/c1-6-36-28-20-26(40-5)12-14-30(28)43-32(36)10-8-9-23-17-24(22-33(3,4)21-23)18-31-37(16-15-35-42(38,39)7-2)27-19-25(34)11-13-29(27)41-31/h8-14,17-20,35H,6-7,15-16,21-22H2,1-5H3/q+1. The summed E-state index contributed by atoms with van der Waals surface area (Å²) in [6, 6.07) is 12.3. The number of halogens is 1. The molecule has 5 rings (SSSR count). The normalized spacial score (nSPS) is 18.7. The summed E-state index contributed by atoms with van der Waals surface area (Å²) in [6.45, 7) is 10.3. The van der Waals surface area contributed by atoms with Crippen molar-refractivity contribution in [2.75, 3.05) is 30.9 Å². The molecule has 1 aliphatic carbocycles. The molecule has 1 aliphatic heterocycles. The van der Waals surface area contributed by atoms with Crippen LogP contribution in [0, 0.1) is 5.41 Å². The van der Waals surface area contributed by atoms with E-state index in [1.165, 1.54) is 25.5 Å². The molecule has 43 heavy (non-hydrogen) atoms. The van der Waals surface area contributed by atoms with Gasteiger partial charge in [0.25, 0.3) is 0 Å². The monoisotopic (exact) mass is 704 g/mol. The van der Waals surface area contributed by atoms with Gasteiger partial charge in [0.1, 0.15) is 0 Å². The summed E-state index contributed by atoms with van der Waals surface area (Å²) in [5, 5.41) is 1.75. The number of ether oxygens (including phenoxy) is 1. The molecule has 6 nitrogen and oxygen atoms in total. The number of hydrogen-bond acceptors (Lipinski definition) is 5. The van der Waals surface area contributed by atoms with Crippen LogP contribution in [0.4, 0.5) is 5.69 Å². The molecule has 1 N–H and O–H groups in total. The molecule has 0 saturated heterocycles. The third kappa shape index (κ3) is 7.70. The van der Waals surface area contributed by atoms with Gasteiger partial charge in [0.05, 0.1) is 5.75 Å². The Kier molecular flexibility index (Phi) is 10.0. The van der Waals surface area contributed by atoms with E-state index in [9.17, 15) is 8.42 Å². The van der Waals surface area contributed by atoms with Crippen molar-refractivity contribution in [1.29, 1.82) is 0 Å². The zero-order chi connectivity index (χ0) is 30.8. The number of rotatable bonds is 10. The summed E-state index contributed by atoms with van der Waals surface area (Å²) in [7, 11) is -1.55. The first-order valence-electron chi connectivity index (χ1n) is 14.5. The van der Waals surface area contributed by atoms with Crippen LogP contribution in [0.2, 0.25) is 5.02 Å². The molecular weight excluding hydrogens is 665 g/mol. The fourth-order valence-electron chi connectivity index (χ4n) is 5.61. The minimum absolute atomic E-state index is 0.0663. The third-order valence-corrected chi connectivity index (χ3v) is 12.7. The number of nitrogens with one attached hydrogen (secondary N) is 1. The zero-order valence-corrected chi connectivity index (χ0v) is 29.4. The molecule has 2 aromatic carbocycles. The SMILES string of the molecule is CC[n+]1c(/C=C/C=C2C=C(/C=C3\Sc4ccc(Cl)cc4N3CCNS(=O)(=O)CC)CC(C)(C)C/2)[se]c2ccc(OC)cc21. The second-order valence-corrected chi connectivity index (χ2v) is 17.3. The molecule has 3 aromatic rings. The van der Waals surface area contributed by atoms with Gasteiger partial charge in [0.15, 0.2) is 0 Å². The van der Waals surface area contributed by atoms with Crippen molar-refractivity contribution in [3.05, 3.63) is 86.5 Å². The summed E-state index contributed by atoms with van der Waals surface area (Å²) in [6.07, 6.45) is 13.3. The van der Waals surface area contributed by atoms with Crippen molar-refractivity contribution in [2.24, 2.45) is 5.41 Å². The minimum atomic E-state index is -3.27. The molecule has 0 amide bonds. The van der Waals surface area contributed by atoms with Crippen molar-refractivity contribution in [3.63, 3.8) is 0 Å². The van der Waals surface area contributed by atoms with E-state index in [4.69, 9.17) is 16.3 Å². The summed E-state index contributed by atoms with van der Waals surface area (Å²) in [4.78, 5) is 3.30. The summed E-state index contributed by atoms with van der Waals surface area (Å²) in [5.74, 6) is 0.959. The number of hydrogen-bond donors (Lipinski definition) is 1. The van der Waals surface area contributed by atoms with E-state index in [0.717, 1.165) is 40.7 Å². The predicted molar refractivity (Wildman–Crippen MR) is 182 cm³/mol. The maximum atomic E-state index is 12.1. The molecule has 1 aromatic heterocycles. The average Bonchev–Trinajstić information content (AvgIpc) is 3.48. The second kappa shape index (κ2) is 13.4. The Balaban J connectivity index is 1.42. The molecule has 0 saturated carbocycles. The van der Waals surface area contributed by atoms with E-state index >= 15 is 0 Å². The van der Waals surface area contributed by atoms with Crippen LogP contribution in [0.25, 0.3) is 15.9 Å². The topological polar surface area (TPSA) is 62.5 Å². The number of methoxy groups -OCH3 is 1. The Morgan fingerprint density at radius 1 is 1.19 bits per heavy atom. The van der Waals surface area contributed by atoms with Crippen LogP contribution in [0.15, 0.2) is 81.8 Å². The molecule has 0 bridgehead atoms. The van der Waals surface area contributed by atoms with Gasteiger partial charge in [0, 0.05) is 5.02 Å². The molecule has 10 heteroatoms. The number of anilines is 1. The van der Waals surface area contributed by atoms with Crippen LogP contribution < -0.4 is 18.9 Å². The number of thioether (sulfide) groups is 1. The summed E-state index contributed by atoms with van der Waals surface area (Å²) >= 11 is 8.33. The molecule has 0 radical (unpaired) electrons. The van der Waals surface area contributed by atoms with Crippen LogP contribution in [0.1, 0.15) is 45.1 Å².